The molecular formula is C19H22BrFN3O9P. The van der Waals surface area contributed by atoms with Crippen LogP contribution in [-0.2, 0) is 23.4 Å². The molecule has 3 N–H and O–H groups in total. The molecule has 2 heterocycles. The zero-order chi connectivity index (χ0) is 25.1. The zero-order valence-corrected chi connectivity index (χ0v) is 20.5. The van der Waals surface area contributed by atoms with Crippen LogP contribution in [0.5, 0.6) is 5.75 Å². The van der Waals surface area contributed by atoms with Gasteiger partial charge in [-0.3, -0.25) is 23.7 Å². The molecular weight excluding hydrogens is 544 g/mol. The number of hydrogen-bond donors (Lipinski definition) is 3. The number of nitrogens with zero attached hydrogens (tertiary/aromatic N) is 1. The van der Waals surface area contributed by atoms with Gasteiger partial charge in [-0.2, -0.15) is 0 Å². The lowest BCUT2D eigenvalue weighted by atomic mass is 9.98. The first-order chi connectivity index (χ1) is 15.9. The summed E-state index contributed by atoms with van der Waals surface area (Å²) in [7, 11) is -3.11. The van der Waals surface area contributed by atoms with E-state index in [4.69, 9.17) is 13.8 Å². The van der Waals surface area contributed by atoms with Gasteiger partial charge in [0.05, 0.1) is 13.7 Å². The first-order valence-electron chi connectivity index (χ1n) is 9.81. The van der Waals surface area contributed by atoms with E-state index in [0.717, 1.165) is 35.3 Å². The number of rotatable bonds is 9. The van der Waals surface area contributed by atoms with Crippen LogP contribution >= 0.6 is 23.7 Å². The number of esters is 1. The molecule has 5 atom stereocenters. The predicted octanol–water partition coefficient (Wildman–Crippen LogP) is 1.25. The van der Waals surface area contributed by atoms with E-state index in [9.17, 15) is 24.1 Å². The Balaban J connectivity index is 1.78. The van der Waals surface area contributed by atoms with Crippen LogP contribution in [0.25, 0.3) is 0 Å². The van der Waals surface area contributed by atoms with Gasteiger partial charge in [-0.15, -0.1) is 0 Å². The number of nitrogens with one attached hydrogen (secondary N) is 2. The number of hydrogen-bond acceptors (Lipinski definition) is 9. The molecule has 1 aromatic carbocycles. The number of aromatic nitrogens is 2. The van der Waals surface area contributed by atoms with Gasteiger partial charge in [0.25, 0.3) is 5.56 Å². The molecule has 0 aliphatic carbocycles. The van der Waals surface area contributed by atoms with Crippen molar-refractivity contribution in [1.29, 1.82) is 0 Å². The second kappa shape index (κ2) is 10.5. The Morgan fingerprint density at radius 3 is 2.65 bits per heavy atom. The maximum atomic E-state index is 15.3. The fourth-order valence-corrected chi connectivity index (χ4v) is 4.64. The molecule has 1 aliphatic rings. The smallest absolute Gasteiger partial charge is 0.459 e. The van der Waals surface area contributed by atoms with E-state index in [1.807, 2.05) is 4.98 Å². The fraction of sp³-hybridized carbons (Fsp3) is 0.421. The highest BCUT2D eigenvalue weighted by Gasteiger charge is 2.55. The number of aliphatic hydroxyl groups is 1. The van der Waals surface area contributed by atoms with Crippen LogP contribution in [0.4, 0.5) is 4.39 Å². The molecule has 3 rings (SSSR count). The van der Waals surface area contributed by atoms with Crippen molar-refractivity contribution in [2.75, 3.05) is 20.3 Å². The standard InChI is InChI=1S/C19H22BrFN3O9P/c1-19(21)16(27)13(32-17(19)24-8-7-14(25)23-18(24)28)10-31-34(29,22-9-15(26)30-2)33-12-5-3-11(20)4-6-12/h3-8,13,16-17,27H,9-10H2,1-2H3,(H,22,29)(H,23,25,28)/t13-,16-,17-,19-,34?/m1/s1. The molecule has 0 spiro atoms. The lowest BCUT2D eigenvalue weighted by molar-refractivity contribution is -0.139. The molecule has 1 aliphatic heterocycles. The van der Waals surface area contributed by atoms with Crippen molar-refractivity contribution in [3.63, 3.8) is 0 Å². The average Bonchev–Trinajstić information content (AvgIpc) is 3.01. The average molecular weight is 566 g/mol. The number of carbonyl (C=O) groups is 1. The van der Waals surface area contributed by atoms with Gasteiger partial charge in [0.15, 0.2) is 11.9 Å². The molecule has 1 saturated heterocycles. The Kier molecular flexibility index (Phi) is 8.11. The Morgan fingerprint density at radius 1 is 1.35 bits per heavy atom. The minimum atomic E-state index is -4.25. The van der Waals surface area contributed by atoms with Crippen LogP contribution in [0.3, 0.4) is 0 Å². The van der Waals surface area contributed by atoms with Crippen molar-refractivity contribution in [3.05, 3.63) is 61.8 Å². The Morgan fingerprint density at radius 2 is 2.03 bits per heavy atom. The van der Waals surface area contributed by atoms with Crippen LogP contribution in [0.1, 0.15) is 13.2 Å². The van der Waals surface area contributed by atoms with Crippen molar-refractivity contribution in [3.8, 4) is 5.75 Å². The fourth-order valence-electron chi connectivity index (χ4n) is 3.11. The lowest BCUT2D eigenvalue weighted by Crippen LogP contribution is -2.43. The topological polar surface area (TPSA) is 158 Å². The highest BCUT2D eigenvalue weighted by molar-refractivity contribution is 9.10. The summed E-state index contributed by atoms with van der Waals surface area (Å²) in [6, 6.07) is 7.19. The normalized spacial score (nSPS) is 26.1. The van der Waals surface area contributed by atoms with Crippen molar-refractivity contribution in [2.24, 2.45) is 0 Å². The number of carbonyl (C=O) groups excluding carboxylic acids is 1. The van der Waals surface area contributed by atoms with E-state index in [1.54, 1.807) is 12.1 Å². The van der Waals surface area contributed by atoms with Gasteiger partial charge < -0.3 is 19.1 Å². The minimum absolute atomic E-state index is 0.129. The molecule has 0 radical (unpaired) electrons. The van der Waals surface area contributed by atoms with Gasteiger partial charge in [-0.1, -0.05) is 15.9 Å². The molecule has 12 nitrogen and oxygen atoms in total. The first kappa shape index (κ1) is 26.3. The van der Waals surface area contributed by atoms with Gasteiger partial charge in [-0.05, 0) is 31.2 Å². The van der Waals surface area contributed by atoms with Gasteiger partial charge in [-0.25, -0.2) is 18.8 Å². The third kappa shape index (κ3) is 6.01. The summed E-state index contributed by atoms with van der Waals surface area (Å²) < 4.78 is 50.8. The highest BCUT2D eigenvalue weighted by Crippen LogP contribution is 2.47. The summed E-state index contributed by atoms with van der Waals surface area (Å²) in [4.78, 5) is 36.9. The molecule has 1 unspecified atom stereocenters. The van der Waals surface area contributed by atoms with Crippen molar-refractivity contribution < 1.29 is 37.4 Å². The predicted molar refractivity (Wildman–Crippen MR) is 119 cm³/mol. The molecule has 2 aromatic rings. The summed E-state index contributed by atoms with van der Waals surface area (Å²) in [6.45, 7) is -0.167. The van der Waals surface area contributed by atoms with E-state index < -0.39 is 62.2 Å². The largest absolute Gasteiger partial charge is 0.468 e. The molecule has 15 heteroatoms. The van der Waals surface area contributed by atoms with E-state index in [2.05, 4.69) is 25.8 Å². The summed E-state index contributed by atoms with van der Waals surface area (Å²) in [5.74, 6) is -0.626. The molecule has 186 valence electrons. The monoisotopic (exact) mass is 565 g/mol. The number of aromatic amines is 1. The minimum Gasteiger partial charge on any atom is -0.468 e. The van der Waals surface area contributed by atoms with Crippen LogP contribution in [-0.4, -0.2) is 58.8 Å². The summed E-state index contributed by atoms with van der Waals surface area (Å²) >= 11 is 3.25. The highest BCUT2D eigenvalue weighted by atomic mass is 79.9. The van der Waals surface area contributed by atoms with Crippen LogP contribution in [0.15, 0.2) is 50.6 Å². The SMILES string of the molecule is COC(=O)CNP(=O)(OC[C@H]1O[C@@H](n2ccc(=O)[nH]c2=O)[C@](C)(F)[C@@H]1O)Oc1ccc(Br)cc1. The number of H-pyrrole nitrogens is 1. The lowest BCUT2D eigenvalue weighted by Gasteiger charge is -2.24. The molecule has 0 bridgehead atoms. The van der Waals surface area contributed by atoms with Gasteiger partial charge >= 0.3 is 19.4 Å². The number of aliphatic hydroxyl groups excluding tert-OH is 1. The summed E-state index contributed by atoms with van der Waals surface area (Å²) in [5, 5.41) is 12.8. The van der Waals surface area contributed by atoms with Gasteiger partial charge in [0, 0.05) is 16.7 Å². The van der Waals surface area contributed by atoms with Crippen LogP contribution in [0.2, 0.25) is 0 Å². The third-order valence-corrected chi connectivity index (χ3v) is 6.93. The van der Waals surface area contributed by atoms with E-state index in [0.29, 0.717) is 0 Å². The molecule has 1 fully saturated rings. The van der Waals surface area contributed by atoms with Crippen LogP contribution in [0, 0.1) is 0 Å². The number of alkyl halides is 1. The van der Waals surface area contributed by atoms with Crippen molar-refractivity contribution >= 4 is 29.6 Å². The van der Waals surface area contributed by atoms with Gasteiger partial charge in [0.1, 0.15) is 24.5 Å². The molecule has 0 saturated carbocycles. The van der Waals surface area contributed by atoms with Crippen LogP contribution < -0.4 is 20.9 Å². The van der Waals surface area contributed by atoms with E-state index in [1.165, 1.54) is 12.1 Å². The molecule has 1 aromatic heterocycles. The molecule has 34 heavy (non-hydrogen) atoms. The third-order valence-electron chi connectivity index (χ3n) is 4.91. The number of halogens is 2. The number of methoxy groups -OCH3 is 1. The number of ether oxygens (including phenoxy) is 2. The maximum absolute atomic E-state index is 15.3. The zero-order valence-electron chi connectivity index (χ0n) is 18.0. The molecule has 0 amide bonds. The van der Waals surface area contributed by atoms with Crippen molar-refractivity contribution in [2.45, 2.75) is 31.0 Å². The Hall–Kier alpha value is -2.35. The summed E-state index contributed by atoms with van der Waals surface area (Å²) in [6.07, 6.45) is -3.78. The number of benzene rings is 1. The van der Waals surface area contributed by atoms with Gasteiger partial charge in [0.2, 0.25) is 0 Å². The maximum Gasteiger partial charge on any atom is 0.459 e. The van der Waals surface area contributed by atoms with E-state index >= 15 is 4.39 Å². The first-order valence-corrected chi connectivity index (χ1v) is 12.1. The Bertz CT molecular complexity index is 1190. The quantitative estimate of drug-likeness (QED) is 0.298. The second-order valence-corrected chi connectivity index (χ2v) is 10.1. The van der Waals surface area contributed by atoms with Crippen molar-refractivity contribution in [1.82, 2.24) is 14.6 Å². The van der Waals surface area contributed by atoms with E-state index in [-0.39, 0.29) is 5.75 Å². The Labute approximate surface area is 200 Å². The summed E-state index contributed by atoms with van der Waals surface area (Å²) in [5.41, 5.74) is -4.12. The second-order valence-electron chi connectivity index (χ2n) is 7.39.